The molecule has 5 nitrogen and oxygen atoms in total. The highest BCUT2D eigenvalue weighted by molar-refractivity contribution is 7.09. The van der Waals surface area contributed by atoms with Crippen molar-refractivity contribution in [1.29, 1.82) is 0 Å². The Kier molecular flexibility index (Phi) is 5.18. The number of hydrogen-bond acceptors (Lipinski definition) is 5. The fourth-order valence-corrected chi connectivity index (χ4v) is 4.22. The first-order valence-electron chi connectivity index (χ1n) is 9.10. The monoisotopic (exact) mass is 405 g/mol. The van der Waals surface area contributed by atoms with Crippen molar-refractivity contribution >= 4 is 28.8 Å². The fraction of sp³-hybridized carbons (Fsp3) is 0.130. The van der Waals surface area contributed by atoms with Gasteiger partial charge in [0.2, 0.25) is 0 Å². The van der Waals surface area contributed by atoms with Crippen LogP contribution in [-0.4, -0.2) is 28.8 Å². The highest BCUT2D eigenvalue weighted by atomic mass is 32.1. The Balaban J connectivity index is 1.86. The minimum atomic E-state index is -0.685. The van der Waals surface area contributed by atoms with Crippen LogP contribution in [0.5, 0.6) is 5.75 Å². The number of Topliss-reactive ketones (excluding diaryl/α,β-unsaturated/α-hetero) is 1. The molecule has 1 atom stereocenters. The van der Waals surface area contributed by atoms with Crippen LogP contribution < -0.4 is 4.74 Å². The minimum Gasteiger partial charge on any atom is -0.507 e. The molecular formula is C23H19NO4S. The van der Waals surface area contributed by atoms with E-state index in [1.165, 1.54) is 23.3 Å². The molecule has 1 N–H and O–H groups in total. The lowest BCUT2D eigenvalue weighted by molar-refractivity contribution is -0.140. The number of ketones is 1. The third-order valence-corrected chi connectivity index (χ3v) is 5.77. The smallest absolute Gasteiger partial charge is 0.295 e. The van der Waals surface area contributed by atoms with E-state index in [1.54, 1.807) is 24.3 Å². The number of rotatable bonds is 5. The number of benzene rings is 2. The van der Waals surface area contributed by atoms with E-state index in [9.17, 15) is 14.7 Å². The molecule has 6 heteroatoms. The number of aliphatic hydroxyl groups excluding tert-OH is 1. The van der Waals surface area contributed by atoms with E-state index >= 15 is 0 Å². The molecule has 4 rings (SSSR count). The van der Waals surface area contributed by atoms with E-state index in [0.717, 1.165) is 10.4 Å². The van der Waals surface area contributed by atoms with Crippen molar-refractivity contribution in [3.05, 3.63) is 93.7 Å². The maximum atomic E-state index is 13.0. The molecule has 0 saturated carbocycles. The molecule has 3 aromatic rings. The first kappa shape index (κ1) is 19.0. The Labute approximate surface area is 172 Å². The number of hydrogen-bond donors (Lipinski definition) is 1. The second kappa shape index (κ2) is 7.93. The van der Waals surface area contributed by atoms with Crippen LogP contribution in [0.25, 0.3) is 5.76 Å². The van der Waals surface area contributed by atoms with Gasteiger partial charge in [-0.25, -0.2) is 0 Å². The van der Waals surface area contributed by atoms with Crippen LogP contribution in [0.2, 0.25) is 0 Å². The molecule has 1 aromatic heterocycles. The van der Waals surface area contributed by atoms with Gasteiger partial charge in [0.15, 0.2) is 0 Å². The van der Waals surface area contributed by atoms with E-state index in [-0.39, 0.29) is 11.3 Å². The Morgan fingerprint density at radius 3 is 2.55 bits per heavy atom. The maximum Gasteiger partial charge on any atom is 0.295 e. The van der Waals surface area contributed by atoms with Crippen molar-refractivity contribution in [3.63, 3.8) is 0 Å². The van der Waals surface area contributed by atoms with E-state index in [4.69, 9.17) is 4.74 Å². The Morgan fingerprint density at radius 1 is 1.07 bits per heavy atom. The molecule has 1 aliphatic heterocycles. The fourth-order valence-electron chi connectivity index (χ4n) is 3.52. The summed E-state index contributed by atoms with van der Waals surface area (Å²) in [6.07, 6.45) is 0. The van der Waals surface area contributed by atoms with Gasteiger partial charge in [-0.3, -0.25) is 9.59 Å². The van der Waals surface area contributed by atoms with Gasteiger partial charge in [-0.15, -0.1) is 11.3 Å². The van der Waals surface area contributed by atoms with E-state index in [2.05, 4.69) is 0 Å². The van der Waals surface area contributed by atoms with Crippen molar-refractivity contribution < 1.29 is 19.4 Å². The SMILES string of the molecule is COc1cccc(/C(O)=C2/C(=O)C(=O)N(Cc3cccs3)C2c2ccccc2)c1. The van der Waals surface area contributed by atoms with Crippen molar-refractivity contribution in [2.75, 3.05) is 7.11 Å². The highest BCUT2D eigenvalue weighted by Gasteiger charge is 2.46. The molecule has 0 bridgehead atoms. The number of thiophene rings is 1. The van der Waals surface area contributed by atoms with Gasteiger partial charge in [0.1, 0.15) is 11.5 Å². The van der Waals surface area contributed by atoms with Gasteiger partial charge in [-0.1, -0.05) is 48.5 Å². The quantitative estimate of drug-likeness (QED) is 0.389. The molecular weight excluding hydrogens is 386 g/mol. The lowest BCUT2D eigenvalue weighted by Gasteiger charge is -2.24. The van der Waals surface area contributed by atoms with Gasteiger partial charge < -0.3 is 14.7 Å². The van der Waals surface area contributed by atoms with Gasteiger partial charge in [0, 0.05) is 10.4 Å². The molecule has 29 heavy (non-hydrogen) atoms. The van der Waals surface area contributed by atoms with Crippen LogP contribution in [0.15, 0.2) is 77.7 Å². The summed E-state index contributed by atoms with van der Waals surface area (Å²) < 4.78 is 5.22. The molecule has 146 valence electrons. The zero-order chi connectivity index (χ0) is 20.4. The van der Waals surface area contributed by atoms with Crippen LogP contribution in [0, 0.1) is 0 Å². The number of likely N-dealkylation sites (tertiary alicyclic amines) is 1. The van der Waals surface area contributed by atoms with E-state index in [1.807, 2.05) is 47.8 Å². The summed E-state index contributed by atoms with van der Waals surface area (Å²) in [7, 11) is 1.53. The van der Waals surface area contributed by atoms with Gasteiger partial charge in [0.25, 0.3) is 11.7 Å². The average Bonchev–Trinajstić information content (AvgIpc) is 3.36. The third kappa shape index (κ3) is 3.54. The second-order valence-electron chi connectivity index (χ2n) is 6.65. The number of ether oxygens (including phenoxy) is 1. The van der Waals surface area contributed by atoms with Crippen LogP contribution in [0.3, 0.4) is 0 Å². The number of methoxy groups -OCH3 is 1. The molecule has 1 aliphatic rings. The minimum absolute atomic E-state index is 0.0889. The van der Waals surface area contributed by atoms with Crippen molar-refractivity contribution in [1.82, 2.24) is 4.90 Å². The number of aliphatic hydroxyl groups is 1. The summed E-state index contributed by atoms with van der Waals surface area (Å²) in [5.74, 6) is -0.949. The van der Waals surface area contributed by atoms with Gasteiger partial charge in [-0.05, 0) is 29.1 Å². The molecule has 1 saturated heterocycles. The van der Waals surface area contributed by atoms with Crippen molar-refractivity contribution in [2.45, 2.75) is 12.6 Å². The summed E-state index contributed by atoms with van der Waals surface area (Å²) in [5, 5.41) is 13.0. The zero-order valence-electron chi connectivity index (χ0n) is 15.7. The maximum absolute atomic E-state index is 13.0. The van der Waals surface area contributed by atoms with E-state index in [0.29, 0.717) is 17.9 Å². The van der Waals surface area contributed by atoms with E-state index < -0.39 is 17.7 Å². The normalized spacial score (nSPS) is 18.2. The summed E-state index contributed by atoms with van der Waals surface area (Å²) in [5.41, 5.74) is 1.29. The first-order valence-corrected chi connectivity index (χ1v) is 9.98. The number of carbonyl (C=O) groups is 2. The van der Waals surface area contributed by atoms with Crippen LogP contribution >= 0.6 is 11.3 Å². The number of amides is 1. The lowest BCUT2D eigenvalue weighted by atomic mass is 9.95. The molecule has 2 heterocycles. The summed E-state index contributed by atoms with van der Waals surface area (Å²) in [4.78, 5) is 28.3. The predicted molar refractivity (Wildman–Crippen MR) is 112 cm³/mol. The molecule has 0 spiro atoms. The topological polar surface area (TPSA) is 66.8 Å². The Bertz CT molecular complexity index is 1070. The van der Waals surface area contributed by atoms with Gasteiger partial charge in [-0.2, -0.15) is 0 Å². The molecule has 1 unspecified atom stereocenters. The van der Waals surface area contributed by atoms with Gasteiger partial charge >= 0.3 is 0 Å². The molecule has 2 aromatic carbocycles. The largest absolute Gasteiger partial charge is 0.507 e. The van der Waals surface area contributed by atoms with Crippen molar-refractivity contribution in [3.8, 4) is 5.75 Å². The molecule has 0 radical (unpaired) electrons. The molecule has 0 aliphatic carbocycles. The predicted octanol–water partition coefficient (Wildman–Crippen LogP) is 4.38. The lowest BCUT2D eigenvalue weighted by Crippen LogP contribution is -2.28. The number of carbonyl (C=O) groups excluding carboxylic acids is 2. The Morgan fingerprint density at radius 2 is 1.86 bits per heavy atom. The summed E-state index contributed by atoms with van der Waals surface area (Å²) >= 11 is 1.52. The molecule has 1 fully saturated rings. The highest BCUT2D eigenvalue weighted by Crippen LogP contribution is 2.40. The van der Waals surface area contributed by atoms with Crippen LogP contribution in [0.4, 0.5) is 0 Å². The standard InChI is InChI=1S/C23H19NO4S/c1-28-17-10-5-9-16(13-17)21(25)19-20(15-7-3-2-4-8-15)24(23(27)22(19)26)14-18-11-6-12-29-18/h2-13,20,25H,14H2,1H3/b21-19-. The second-order valence-corrected chi connectivity index (χ2v) is 7.68. The van der Waals surface area contributed by atoms with Gasteiger partial charge in [0.05, 0.1) is 25.3 Å². The van der Waals surface area contributed by atoms with Crippen molar-refractivity contribution in [2.24, 2.45) is 0 Å². The zero-order valence-corrected chi connectivity index (χ0v) is 16.6. The van der Waals surface area contributed by atoms with Crippen LogP contribution in [-0.2, 0) is 16.1 Å². The number of nitrogens with zero attached hydrogens (tertiary/aromatic N) is 1. The Hall–Kier alpha value is -3.38. The summed E-state index contributed by atoms with van der Waals surface area (Å²) in [6, 6.07) is 19.3. The average molecular weight is 405 g/mol. The van der Waals surface area contributed by atoms with Crippen LogP contribution in [0.1, 0.15) is 22.0 Å². The molecule has 1 amide bonds. The summed E-state index contributed by atoms with van der Waals surface area (Å²) in [6.45, 7) is 0.302. The first-order chi connectivity index (χ1) is 14.1. The third-order valence-electron chi connectivity index (χ3n) is 4.90.